The van der Waals surface area contributed by atoms with Crippen LogP contribution in [0.3, 0.4) is 0 Å². The van der Waals surface area contributed by atoms with Crippen LogP contribution in [-0.4, -0.2) is 24.9 Å². The number of rotatable bonds is 4. The summed E-state index contributed by atoms with van der Waals surface area (Å²) < 4.78 is 15.9. The molecule has 0 radical (unpaired) electrons. The van der Waals surface area contributed by atoms with Crippen molar-refractivity contribution >= 4 is 5.91 Å². The Hall–Kier alpha value is -1.33. The summed E-state index contributed by atoms with van der Waals surface area (Å²) in [6.45, 7) is 3.52. The van der Waals surface area contributed by atoms with Crippen molar-refractivity contribution in [2.75, 3.05) is 7.11 Å². The van der Waals surface area contributed by atoms with Crippen molar-refractivity contribution in [3.63, 3.8) is 0 Å². The summed E-state index contributed by atoms with van der Waals surface area (Å²) in [4.78, 5) is 11.4. The molecule has 1 fully saturated rings. The summed E-state index contributed by atoms with van der Waals surface area (Å²) in [6, 6.07) is 3.36. The highest BCUT2D eigenvalue weighted by molar-refractivity contribution is 5.88. The molecule has 2 unspecified atom stereocenters. The van der Waals surface area contributed by atoms with Gasteiger partial charge in [-0.25, -0.2) is 0 Å². The van der Waals surface area contributed by atoms with Crippen molar-refractivity contribution in [3.8, 4) is 0 Å². The highest BCUT2D eigenvalue weighted by Crippen LogP contribution is 2.30. The van der Waals surface area contributed by atoms with Crippen LogP contribution >= 0.6 is 0 Å². The molecule has 0 bridgehead atoms. The minimum atomic E-state index is -0.784. The standard InChI is InChI=1S/C11H15NO4/c1-11(2,14-3)16-9-8(12-10(9)13)7-5-4-6-15-7/h4-6,8-9H,1-3H3,(H,12,13). The molecule has 1 aromatic rings. The van der Waals surface area contributed by atoms with Crippen LogP contribution in [0.1, 0.15) is 25.6 Å². The van der Waals surface area contributed by atoms with Crippen molar-refractivity contribution in [2.45, 2.75) is 31.8 Å². The van der Waals surface area contributed by atoms with E-state index in [9.17, 15) is 4.79 Å². The smallest absolute Gasteiger partial charge is 0.252 e. The third-order valence-electron chi connectivity index (χ3n) is 2.61. The zero-order valence-electron chi connectivity index (χ0n) is 9.52. The van der Waals surface area contributed by atoms with Gasteiger partial charge in [0.05, 0.1) is 6.26 Å². The van der Waals surface area contributed by atoms with Crippen molar-refractivity contribution in [3.05, 3.63) is 24.2 Å². The summed E-state index contributed by atoms with van der Waals surface area (Å²) >= 11 is 0. The van der Waals surface area contributed by atoms with Gasteiger partial charge in [-0.2, -0.15) is 0 Å². The van der Waals surface area contributed by atoms with E-state index in [1.54, 1.807) is 39.4 Å². The number of carbonyl (C=O) groups excluding carboxylic acids is 1. The maximum absolute atomic E-state index is 11.4. The second-order valence-corrected chi connectivity index (χ2v) is 4.14. The lowest BCUT2D eigenvalue weighted by Crippen LogP contribution is -2.59. The zero-order chi connectivity index (χ0) is 11.8. The summed E-state index contributed by atoms with van der Waals surface area (Å²) in [6.07, 6.45) is 1.01. The monoisotopic (exact) mass is 225 g/mol. The molecular formula is C11H15NO4. The maximum atomic E-state index is 11.4. The predicted molar refractivity (Wildman–Crippen MR) is 55.6 cm³/mol. The lowest BCUT2D eigenvalue weighted by atomic mass is 9.99. The molecule has 5 heteroatoms. The lowest BCUT2D eigenvalue weighted by Gasteiger charge is -2.39. The minimum absolute atomic E-state index is 0.147. The second kappa shape index (κ2) is 3.92. The zero-order valence-corrected chi connectivity index (χ0v) is 9.52. The molecule has 0 aromatic carbocycles. The largest absolute Gasteiger partial charge is 0.467 e. The van der Waals surface area contributed by atoms with E-state index in [-0.39, 0.29) is 11.9 Å². The summed E-state index contributed by atoms with van der Waals surface area (Å²) in [7, 11) is 1.54. The molecule has 2 atom stereocenters. The van der Waals surface area contributed by atoms with Gasteiger partial charge >= 0.3 is 0 Å². The maximum Gasteiger partial charge on any atom is 0.252 e. The molecule has 1 saturated heterocycles. The van der Waals surface area contributed by atoms with E-state index in [1.807, 2.05) is 0 Å². The molecular weight excluding hydrogens is 210 g/mol. The first-order valence-electron chi connectivity index (χ1n) is 5.10. The van der Waals surface area contributed by atoms with Gasteiger partial charge in [-0.05, 0) is 26.0 Å². The van der Waals surface area contributed by atoms with Crippen LogP contribution in [0, 0.1) is 0 Å². The number of furan rings is 1. The van der Waals surface area contributed by atoms with Crippen LogP contribution in [0.25, 0.3) is 0 Å². The van der Waals surface area contributed by atoms with Gasteiger partial charge in [-0.3, -0.25) is 4.79 Å². The van der Waals surface area contributed by atoms with Crippen molar-refractivity contribution < 1.29 is 18.7 Å². The normalized spacial score (nSPS) is 25.1. The molecule has 88 valence electrons. The van der Waals surface area contributed by atoms with Gasteiger partial charge in [-0.1, -0.05) is 0 Å². The van der Waals surface area contributed by atoms with E-state index in [0.29, 0.717) is 5.76 Å². The van der Waals surface area contributed by atoms with E-state index < -0.39 is 11.9 Å². The van der Waals surface area contributed by atoms with Gasteiger partial charge in [0.2, 0.25) is 0 Å². The van der Waals surface area contributed by atoms with Gasteiger partial charge in [0.15, 0.2) is 11.9 Å². The van der Waals surface area contributed by atoms with E-state index in [2.05, 4.69) is 5.32 Å². The molecule has 1 aromatic heterocycles. The Morgan fingerprint density at radius 1 is 1.50 bits per heavy atom. The number of ether oxygens (including phenoxy) is 2. The number of methoxy groups -OCH3 is 1. The number of hydrogen-bond donors (Lipinski definition) is 1. The number of β-lactam (4-membered cyclic amide) rings is 1. The summed E-state index contributed by atoms with van der Waals surface area (Å²) in [5.74, 6) is -0.240. The first kappa shape index (κ1) is 11.2. The quantitative estimate of drug-likeness (QED) is 0.618. The number of hydrogen-bond acceptors (Lipinski definition) is 4. The Labute approximate surface area is 93.7 Å². The average Bonchev–Trinajstić information content (AvgIpc) is 2.76. The van der Waals surface area contributed by atoms with E-state index in [0.717, 1.165) is 0 Å². The van der Waals surface area contributed by atoms with Gasteiger partial charge in [0.25, 0.3) is 5.91 Å². The third kappa shape index (κ3) is 1.96. The molecule has 1 amide bonds. The molecule has 2 rings (SSSR count). The highest BCUT2D eigenvalue weighted by Gasteiger charge is 2.45. The molecule has 0 aliphatic carbocycles. The molecule has 1 N–H and O–H groups in total. The lowest BCUT2D eigenvalue weighted by molar-refractivity contribution is -0.239. The van der Waals surface area contributed by atoms with Crippen LogP contribution in [0.5, 0.6) is 0 Å². The average molecular weight is 225 g/mol. The van der Waals surface area contributed by atoms with Gasteiger partial charge in [0, 0.05) is 7.11 Å². The van der Waals surface area contributed by atoms with E-state index >= 15 is 0 Å². The fraction of sp³-hybridized carbons (Fsp3) is 0.545. The van der Waals surface area contributed by atoms with Crippen LogP contribution in [-0.2, 0) is 14.3 Å². The second-order valence-electron chi connectivity index (χ2n) is 4.14. The van der Waals surface area contributed by atoms with Crippen molar-refractivity contribution in [1.82, 2.24) is 5.32 Å². The third-order valence-corrected chi connectivity index (χ3v) is 2.61. The number of carbonyl (C=O) groups is 1. The summed E-state index contributed by atoms with van der Waals surface area (Å²) in [5.41, 5.74) is 0. The Morgan fingerprint density at radius 3 is 2.75 bits per heavy atom. The van der Waals surface area contributed by atoms with Crippen LogP contribution in [0.4, 0.5) is 0 Å². The number of nitrogens with one attached hydrogen (secondary N) is 1. The number of amides is 1. The molecule has 16 heavy (non-hydrogen) atoms. The fourth-order valence-electron chi connectivity index (χ4n) is 1.53. The van der Waals surface area contributed by atoms with Gasteiger partial charge in [0.1, 0.15) is 11.8 Å². The van der Waals surface area contributed by atoms with Gasteiger partial charge < -0.3 is 19.2 Å². The molecule has 1 aliphatic rings. The Bertz CT molecular complexity index is 371. The Balaban J connectivity index is 2.06. The fourth-order valence-corrected chi connectivity index (χ4v) is 1.53. The van der Waals surface area contributed by atoms with Gasteiger partial charge in [-0.15, -0.1) is 0 Å². The van der Waals surface area contributed by atoms with Crippen LogP contribution in [0.2, 0.25) is 0 Å². The Kier molecular flexibility index (Phi) is 2.73. The van der Waals surface area contributed by atoms with Crippen molar-refractivity contribution in [1.29, 1.82) is 0 Å². The predicted octanol–water partition coefficient (Wildman–Crippen LogP) is 1.22. The topological polar surface area (TPSA) is 60.7 Å². The summed E-state index contributed by atoms with van der Waals surface area (Å²) in [5, 5.41) is 2.73. The first-order valence-corrected chi connectivity index (χ1v) is 5.10. The van der Waals surface area contributed by atoms with Crippen LogP contribution in [0.15, 0.2) is 22.8 Å². The molecule has 0 spiro atoms. The molecule has 5 nitrogen and oxygen atoms in total. The SMILES string of the molecule is COC(C)(C)OC1C(=O)NC1c1ccco1. The molecule has 0 saturated carbocycles. The minimum Gasteiger partial charge on any atom is -0.467 e. The highest BCUT2D eigenvalue weighted by atomic mass is 16.7. The first-order chi connectivity index (χ1) is 7.53. The van der Waals surface area contributed by atoms with Crippen LogP contribution < -0.4 is 5.32 Å². The van der Waals surface area contributed by atoms with Crippen molar-refractivity contribution in [2.24, 2.45) is 0 Å². The van der Waals surface area contributed by atoms with E-state index in [1.165, 1.54) is 0 Å². The molecule has 1 aliphatic heterocycles. The molecule has 2 heterocycles. The Morgan fingerprint density at radius 2 is 2.25 bits per heavy atom. The van der Waals surface area contributed by atoms with E-state index in [4.69, 9.17) is 13.9 Å².